The maximum absolute atomic E-state index is 6.07. The van der Waals surface area contributed by atoms with Gasteiger partial charge in [-0.3, -0.25) is 0 Å². The van der Waals surface area contributed by atoms with E-state index in [0.29, 0.717) is 10.0 Å². The summed E-state index contributed by atoms with van der Waals surface area (Å²) in [4.78, 5) is 0. The van der Waals surface area contributed by atoms with Crippen molar-refractivity contribution in [3.05, 3.63) is 33.8 Å². The van der Waals surface area contributed by atoms with Gasteiger partial charge in [-0.05, 0) is 28.9 Å². The molecule has 0 aliphatic rings. The van der Waals surface area contributed by atoms with Gasteiger partial charge in [0.15, 0.2) is 0 Å². The van der Waals surface area contributed by atoms with Gasteiger partial charge in [0, 0.05) is 10.0 Å². The van der Waals surface area contributed by atoms with Crippen LogP contribution in [0, 0.1) is 0 Å². The van der Waals surface area contributed by atoms with Gasteiger partial charge in [0.05, 0.1) is 0 Å². The minimum atomic E-state index is -0.00914. The van der Waals surface area contributed by atoms with Crippen molar-refractivity contribution in [2.75, 3.05) is 5.75 Å². The van der Waals surface area contributed by atoms with Crippen molar-refractivity contribution >= 4 is 35.8 Å². The first-order valence-corrected chi connectivity index (χ1v) is 5.42. The molecule has 0 radical (unpaired) electrons. The van der Waals surface area contributed by atoms with E-state index >= 15 is 0 Å². The Morgan fingerprint density at radius 3 is 2.38 bits per heavy atom. The van der Waals surface area contributed by atoms with E-state index in [1.54, 1.807) is 6.07 Å². The molecule has 0 amide bonds. The van der Waals surface area contributed by atoms with E-state index in [1.165, 1.54) is 0 Å². The summed E-state index contributed by atoms with van der Waals surface area (Å²) in [7, 11) is 0. The zero-order valence-corrected chi connectivity index (χ0v) is 10.0. The molecule has 0 heterocycles. The van der Waals surface area contributed by atoms with Crippen LogP contribution in [0.5, 0.6) is 0 Å². The molecule has 0 N–H and O–H groups in total. The molecule has 72 valence electrons. The van der Waals surface area contributed by atoms with E-state index in [4.69, 9.17) is 23.2 Å². The highest BCUT2D eigenvalue weighted by molar-refractivity contribution is 7.80. The average Bonchev–Trinajstić information content (AvgIpc) is 2.03. The Morgan fingerprint density at radius 1 is 1.31 bits per heavy atom. The largest absolute Gasteiger partial charge is 0.178 e. The molecule has 1 aromatic carbocycles. The Balaban J connectivity index is 3.16. The molecule has 1 aromatic rings. The first kappa shape index (κ1) is 11.2. The number of hydrogen-bond donors (Lipinski definition) is 1. The zero-order valence-electron chi connectivity index (χ0n) is 7.64. The summed E-state index contributed by atoms with van der Waals surface area (Å²) in [6, 6.07) is 5.58. The van der Waals surface area contributed by atoms with Crippen LogP contribution in [0.4, 0.5) is 0 Å². The van der Waals surface area contributed by atoms with Crippen molar-refractivity contribution in [3.63, 3.8) is 0 Å². The molecule has 0 bridgehead atoms. The van der Waals surface area contributed by atoms with E-state index < -0.39 is 0 Å². The van der Waals surface area contributed by atoms with Crippen LogP contribution >= 0.6 is 35.8 Å². The summed E-state index contributed by atoms with van der Waals surface area (Å²) in [5.41, 5.74) is 1.08. The molecule has 0 nitrogen and oxygen atoms in total. The smallest absolute Gasteiger partial charge is 0.0458 e. The lowest BCUT2D eigenvalue weighted by atomic mass is 9.87. The fraction of sp³-hybridized carbons (Fsp3) is 0.400. The molecule has 13 heavy (non-hydrogen) atoms. The topological polar surface area (TPSA) is 0 Å². The van der Waals surface area contributed by atoms with Gasteiger partial charge in [0.2, 0.25) is 0 Å². The molecule has 0 aromatic heterocycles. The van der Waals surface area contributed by atoms with Gasteiger partial charge >= 0.3 is 0 Å². The van der Waals surface area contributed by atoms with Gasteiger partial charge in [-0.15, -0.1) is 0 Å². The molecule has 0 saturated carbocycles. The molecule has 0 atom stereocenters. The van der Waals surface area contributed by atoms with Gasteiger partial charge in [-0.25, -0.2) is 0 Å². The highest BCUT2D eigenvalue weighted by Gasteiger charge is 2.21. The van der Waals surface area contributed by atoms with Crippen molar-refractivity contribution in [1.29, 1.82) is 0 Å². The molecule has 0 fully saturated rings. The lowest BCUT2D eigenvalue weighted by molar-refractivity contribution is 0.604. The van der Waals surface area contributed by atoms with Crippen LogP contribution in [0.25, 0.3) is 0 Å². The van der Waals surface area contributed by atoms with Gasteiger partial charge in [0.1, 0.15) is 0 Å². The maximum Gasteiger partial charge on any atom is 0.0458 e. The SMILES string of the molecule is CC(C)(CS)c1ccc(Cl)cc1Cl. The van der Waals surface area contributed by atoms with Crippen molar-refractivity contribution in [2.24, 2.45) is 0 Å². The molecule has 0 aliphatic carbocycles. The summed E-state index contributed by atoms with van der Waals surface area (Å²) in [6.45, 7) is 4.21. The van der Waals surface area contributed by atoms with Crippen LogP contribution in [0.3, 0.4) is 0 Å². The van der Waals surface area contributed by atoms with Crippen LogP contribution < -0.4 is 0 Å². The normalized spacial score (nSPS) is 11.8. The lowest BCUT2D eigenvalue weighted by Crippen LogP contribution is -2.19. The monoisotopic (exact) mass is 234 g/mol. The first-order chi connectivity index (χ1) is 5.97. The Morgan fingerprint density at radius 2 is 1.92 bits per heavy atom. The third-order valence-corrected chi connectivity index (χ3v) is 3.39. The fourth-order valence-corrected chi connectivity index (χ4v) is 1.96. The van der Waals surface area contributed by atoms with E-state index in [0.717, 1.165) is 11.3 Å². The highest BCUT2D eigenvalue weighted by atomic mass is 35.5. The number of rotatable bonds is 2. The van der Waals surface area contributed by atoms with Gasteiger partial charge < -0.3 is 0 Å². The number of halogens is 2. The Hall–Kier alpha value is 0.150. The maximum atomic E-state index is 6.07. The first-order valence-electron chi connectivity index (χ1n) is 4.04. The second-order valence-electron chi connectivity index (χ2n) is 3.67. The Kier molecular flexibility index (Phi) is 3.56. The lowest BCUT2D eigenvalue weighted by Gasteiger charge is -2.23. The second kappa shape index (κ2) is 4.12. The summed E-state index contributed by atoms with van der Waals surface area (Å²) in [6.07, 6.45) is 0. The van der Waals surface area contributed by atoms with E-state index in [2.05, 4.69) is 26.5 Å². The molecular formula is C10H12Cl2S. The quantitative estimate of drug-likeness (QED) is 0.729. The van der Waals surface area contributed by atoms with Crippen LogP contribution in [-0.2, 0) is 5.41 Å². The van der Waals surface area contributed by atoms with Crippen LogP contribution in [0.15, 0.2) is 18.2 Å². The standard InChI is InChI=1S/C10H12Cl2S/c1-10(2,6-13)8-4-3-7(11)5-9(8)12/h3-5,13H,6H2,1-2H3. The molecule has 3 heteroatoms. The third-order valence-electron chi connectivity index (χ3n) is 2.06. The van der Waals surface area contributed by atoms with Crippen molar-refractivity contribution in [3.8, 4) is 0 Å². The minimum Gasteiger partial charge on any atom is -0.178 e. The molecule has 0 spiro atoms. The van der Waals surface area contributed by atoms with Crippen molar-refractivity contribution in [1.82, 2.24) is 0 Å². The summed E-state index contributed by atoms with van der Waals surface area (Å²) in [5, 5.41) is 1.38. The fourth-order valence-electron chi connectivity index (χ4n) is 1.12. The highest BCUT2D eigenvalue weighted by Crippen LogP contribution is 2.32. The summed E-state index contributed by atoms with van der Waals surface area (Å²) >= 11 is 16.2. The van der Waals surface area contributed by atoms with Crippen LogP contribution in [0.2, 0.25) is 10.0 Å². The van der Waals surface area contributed by atoms with Gasteiger partial charge in [-0.2, -0.15) is 12.6 Å². The number of benzene rings is 1. The van der Waals surface area contributed by atoms with Crippen molar-refractivity contribution in [2.45, 2.75) is 19.3 Å². The molecule has 0 aliphatic heterocycles. The predicted octanol–water partition coefficient (Wildman–Crippen LogP) is 4.20. The molecular weight excluding hydrogens is 223 g/mol. The predicted molar refractivity (Wildman–Crippen MR) is 63.3 cm³/mol. The third kappa shape index (κ3) is 2.55. The summed E-state index contributed by atoms with van der Waals surface area (Å²) in [5.74, 6) is 0.758. The summed E-state index contributed by atoms with van der Waals surface area (Å²) < 4.78 is 0. The van der Waals surface area contributed by atoms with E-state index in [9.17, 15) is 0 Å². The number of hydrogen-bond acceptors (Lipinski definition) is 1. The molecule has 0 unspecified atom stereocenters. The van der Waals surface area contributed by atoms with Gasteiger partial charge in [-0.1, -0.05) is 43.1 Å². The van der Waals surface area contributed by atoms with Crippen LogP contribution in [-0.4, -0.2) is 5.75 Å². The Labute approximate surface area is 94.7 Å². The average molecular weight is 235 g/mol. The molecule has 0 saturated heterocycles. The van der Waals surface area contributed by atoms with Crippen molar-refractivity contribution < 1.29 is 0 Å². The van der Waals surface area contributed by atoms with E-state index in [-0.39, 0.29) is 5.41 Å². The zero-order chi connectivity index (χ0) is 10.1. The van der Waals surface area contributed by atoms with E-state index in [1.807, 2.05) is 12.1 Å². The Bertz CT molecular complexity index is 308. The number of thiol groups is 1. The minimum absolute atomic E-state index is 0.00914. The second-order valence-corrected chi connectivity index (χ2v) is 4.83. The molecule has 1 rings (SSSR count). The van der Waals surface area contributed by atoms with Gasteiger partial charge in [0.25, 0.3) is 0 Å². The van der Waals surface area contributed by atoms with Crippen LogP contribution in [0.1, 0.15) is 19.4 Å².